The van der Waals surface area contributed by atoms with Crippen molar-refractivity contribution < 1.29 is 22.0 Å². The van der Waals surface area contributed by atoms with Crippen molar-refractivity contribution >= 4 is 5.69 Å². The van der Waals surface area contributed by atoms with Crippen molar-refractivity contribution in [2.45, 2.75) is 6.04 Å². The van der Waals surface area contributed by atoms with E-state index in [0.717, 1.165) is 4.90 Å². The molecule has 0 aliphatic carbocycles. The van der Waals surface area contributed by atoms with Crippen molar-refractivity contribution in [3.8, 4) is 0 Å². The maximum Gasteiger partial charge on any atom is 0.200 e. The first-order chi connectivity index (χ1) is 7.95. The highest BCUT2D eigenvalue weighted by Gasteiger charge is 2.32. The van der Waals surface area contributed by atoms with Crippen LogP contribution in [0.3, 0.4) is 0 Å². The molecule has 1 aliphatic rings. The molecule has 0 bridgehead atoms. The smallest absolute Gasteiger partial charge is 0.200 e. The molecule has 0 aromatic heterocycles. The van der Waals surface area contributed by atoms with E-state index < -0.39 is 34.8 Å². The Morgan fingerprint density at radius 1 is 0.882 bits per heavy atom. The molecule has 1 aromatic carbocycles. The summed E-state index contributed by atoms with van der Waals surface area (Å²) in [4.78, 5) is 1.06. The molecule has 0 spiro atoms. The van der Waals surface area contributed by atoms with Crippen LogP contribution in [0.25, 0.3) is 0 Å². The fourth-order valence-corrected chi connectivity index (χ4v) is 1.63. The van der Waals surface area contributed by atoms with Gasteiger partial charge in [0, 0.05) is 20.1 Å². The number of nitrogens with zero attached hydrogens (tertiary/aromatic N) is 1. The SMILES string of the molecule is CN(c1c(F)c(F)c(F)c(F)c1F)C1CNC1. The average molecular weight is 252 g/mol. The van der Waals surface area contributed by atoms with E-state index in [4.69, 9.17) is 0 Å². The molecule has 7 heteroatoms. The van der Waals surface area contributed by atoms with E-state index >= 15 is 0 Å². The van der Waals surface area contributed by atoms with Crippen LogP contribution in [0.4, 0.5) is 27.6 Å². The molecule has 1 fully saturated rings. The van der Waals surface area contributed by atoms with Crippen LogP contribution in [0, 0.1) is 29.1 Å². The molecule has 17 heavy (non-hydrogen) atoms. The van der Waals surface area contributed by atoms with Gasteiger partial charge in [-0.3, -0.25) is 0 Å². The van der Waals surface area contributed by atoms with E-state index in [1.54, 1.807) is 0 Å². The number of nitrogens with one attached hydrogen (secondary N) is 1. The number of halogens is 5. The zero-order chi connectivity index (χ0) is 12.7. The van der Waals surface area contributed by atoms with Crippen molar-refractivity contribution in [1.29, 1.82) is 0 Å². The summed E-state index contributed by atoms with van der Waals surface area (Å²) in [6.45, 7) is 0.881. The fraction of sp³-hybridized carbons (Fsp3) is 0.400. The van der Waals surface area contributed by atoms with Crippen molar-refractivity contribution in [2.24, 2.45) is 0 Å². The Morgan fingerprint density at radius 3 is 1.65 bits per heavy atom. The molecule has 1 heterocycles. The van der Waals surface area contributed by atoms with Gasteiger partial charge in [-0.15, -0.1) is 0 Å². The Hall–Kier alpha value is -1.37. The minimum absolute atomic E-state index is 0.275. The van der Waals surface area contributed by atoms with Crippen LogP contribution < -0.4 is 10.2 Å². The van der Waals surface area contributed by atoms with Gasteiger partial charge in [0.25, 0.3) is 0 Å². The topological polar surface area (TPSA) is 15.3 Å². The summed E-state index contributed by atoms with van der Waals surface area (Å²) in [6.07, 6.45) is 0. The molecule has 2 nitrogen and oxygen atoms in total. The third-order valence-electron chi connectivity index (χ3n) is 2.85. The fourth-order valence-electron chi connectivity index (χ4n) is 1.63. The first kappa shape index (κ1) is 12.1. The lowest BCUT2D eigenvalue weighted by Gasteiger charge is -2.37. The Labute approximate surface area is 94.0 Å². The van der Waals surface area contributed by atoms with E-state index in [9.17, 15) is 22.0 Å². The highest BCUT2D eigenvalue weighted by molar-refractivity contribution is 5.51. The molecule has 1 saturated heterocycles. The van der Waals surface area contributed by atoms with Gasteiger partial charge in [0.05, 0.1) is 6.04 Å². The van der Waals surface area contributed by atoms with Crippen LogP contribution in [0.5, 0.6) is 0 Å². The highest BCUT2D eigenvalue weighted by Crippen LogP contribution is 2.30. The third-order valence-corrected chi connectivity index (χ3v) is 2.85. The molecular weight excluding hydrogens is 243 g/mol. The molecule has 0 radical (unpaired) electrons. The average Bonchev–Trinajstić information content (AvgIpc) is 2.21. The lowest BCUT2D eigenvalue weighted by atomic mass is 10.1. The van der Waals surface area contributed by atoms with Gasteiger partial charge in [0.15, 0.2) is 23.3 Å². The summed E-state index contributed by atoms with van der Waals surface area (Å²) in [6, 6.07) is -0.275. The number of hydrogen-bond donors (Lipinski definition) is 1. The second-order valence-corrected chi connectivity index (χ2v) is 3.84. The predicted octanol–water partition coefficient (Wildman–Crippen LogP) is 1.79. The lowest BCUT2D eigenvalue weighted by Crippen LogP contribution is -2.56. The standard InChI is InChI=1S/C10H9F5N2/c1-17(4-2-16-3-4)10-8(14)6(12)5(11)7(13)9(10)15/h4,16H,2-3H2,1H3. The van der Waals surface area contributed by atoms with E-state index in [-0.39, 0.29) is 6.04 Å². The first-order valence-corrected chi connectivity index (χ1v) is 4.90. The molecule has 0 saturated carbocycles. The highest BCUT2D eigenvalue weighted by atomic mass is 19.2. The molecule has 0 atom stereocenters. The Balaban J connectivity index is 2.52. The summed E-state index contributed by atoms with van der Waals surface area (Å²) in [5.74, 6) is -9.56. The Kier molecular flexibility index (Phi) is 2.94. The quantitative estimate of drug-likeness (QED) is 0.490. The first-order valence-electron chi connectivity index (χ1n) is 4.90. The maximum atomic E-state index is 13.4. The molecular formula is C10H9F5N2. The molecule has 1 N–H and O–H groups in total. The Bertz CT molecular complexity index is 429. The van der Waals surface area contributed by atoms with E-state index in [0.29, 0.717) is 13.1 Å². The van der Waals surface area contributed by atoms with Gasteiger partial charge in [0.2, 0.25) is 5.82 Å². The zero-order valence-corrected chi connectivity index (χ0v) is 8.83. The van der Waals surface area contributed by atoms with Gasteiger partial charge in [-0.2, -0.15) is 0 Å². The second kappa shape index (κ2) is 4.14. The number of rotatable bonds is 2. The lowest BCUT2D eigenvalue weighted by molar-refractivity contribution is 0.368. The largest absolute Gasteiger partial charge is 0.364 e. The van der Waals surface area contributed by atoms with Gasteiger partial charge < -0.3 is 10.2 Å². The molecule has 0 unspecified atom stereocenters. The molecule has 0 amide bonds. The normalized spacial score (nSPS) is 15.9. The van der Waals surface area contributed by atoms with Crippen molar-refractivity contribution in [2.75, 3.05) is 25.0 Å². The van der Waals surface area contributed by atoms with Crippen LogP contribution in [-0.4, -0.2) is 26.2 Å². The number of hydrogen-bond acceptors (Lipinski definition) is 2. The monoisotopic (exact) mass is 252 g/mol. The van der Waals surface area contributed by atoms with Gasteiger partial charge in [-0.05, 0) is 0 Å². The minimum atomic E-state index is -2.14. The minimum Gasteiger partial charge on any atom is -0.364 e. The summed E-state index contributed by atoms with van der Waals surface area (Å²) in [7, 11) is 1.30. The summed E-state index contributed by atoms with van der Waals surface area (Å²) >= 11 is 0. The van der Waals surface area contributed by atoms with Crippen LogP contribution in [0.1, 0.15) is 0 Å². The van der Waals surface area contributed by atoms with Crippen molar-refractivity contribution in [3.05, 3.63) is 29.1 Å². The van der Waals surface area contributed by atoms with E-state index in [1.807, 2.05) is 0 Å². The summed E-state index contributed by atoms with van der Waals surface area (Å²) in [5.41, 5.74) is -0.882. The number of benzene rings is 1. The molecule has 2 rings (SSSR count). The molecule has 94 valence electrons. The third kappa shape index (κ3) is 1.74. The molecule has 1 aromatic rings. The number of anilines is 1. The van der Waals surface area contributed by atoms with E-state index in [2.05, 4.69) is 5.32 Å². The van der Waals surface area contributed by atoms with Crippen LogP contribution in [-0.2, 0) is 0 Å². The molecule has 1 aliphatic heterocycles. The van der Waals surface area contributed by atoms with Gasteiger partial charge in [0.1, 0.15) is 5.69 Å². The Morgan fingerprint density at radius 2 is 1.29 bits per heavy atom. The van der Waals surface area contributed by atoms with Crippen molar-refractivity contribution in [3.63, 3.8) is 0 Å². The van der Waals surface area contributed by atoms with Gasteiger partial charge >= 0.3 is 0 Å². The predicted molar refractivity (Wildman–Crippen MR) is 51.3 cm³/mol. The van der Waals surface area contributed by atoms with E-state index in [1.165, 1.54) is 7.05 Å². The van der Waals surface area contributed by atoms with Crippen LogP contribution >= 0.6 is 0 Å². The van der Waals surface area contributed by atoms with Crippen molar-refractivity contribution in [1.82, 2.24) is 5.32 Å². The number of likely N-dealkylation sites (N-methyl/N-ethyl adjacent to an activating group) is 1. The second-order valence-electron chi connectivity index (χ2n) is 3.84. The summed E-state index contributed by atoms with van der Waals surface area (Å²) < 4.78 is 65.5. The van der Waals surface area contributed by atoms with Crippen LogP contribution in [0.15, 0.2) is 0 Å². The summed E-state index contributed by atoms with van der Waals surface area (Å²) in [5, 5.41) is 2.84. The van der Waals surface area contributed by atoms with Gasteiger partial charge in [-0.1, -0.05) is 0 Å². The van der Waals surface area contributed by atoms with Crippen LogP contribution in [0.2, 0.25) is 0 Å². The maximum absolute atomic E-state index is 13.4. The van der Waals surface area contributed by atoms with Gasteiger partial charge in [-0.25, -0.2) is 22.0 Å². The zero-order valence-electron chi connectivity index (χ0n) is 8.83.